The average Bonchev–Trinajstić information content (AvgIpc) is 3.67. The molecule has 2 fully saturated rings. The monoisotopic (exact) mass is 698 g/mol. The van der Waals surface area contributed by atoms with Gasteiger partial charge in [-0.15, -0.1) is 11.8 Å². The molecule has 0 radical (unpaired) electrons. The largest absolute Gasteiger partial charge is 0.444 e. The number of amides is 1. The van der Waals surface area contributed by atoms with Crippen molar-refractivity contribution in [3.63, 3.8) is 0 Å². The fourth-order valence-electron chi connectivity index (χ4n) is 6.85. The van der Waals surface area contributed by atoms with E-state index in [0.29, 0.717) is 59.1 Å². The summed E-state index contributed by atoms with van der Waals surface area (Å²) in [6, 6.07) is 3.66. The van der Waals surface area contributed by atoms with Crippen LogP contribution in [0, 0.1) is 12.7 Å². The molecule has 9 nitrogen and oxygen atoms in total. The maximum Gasteiger partial charge on any atom is 0.410 e. The van der Waals surface area contributed by atoms with Gasteiger partial charge < -0.3 is 14.4 Å². The number of carbonyl (C=O) groups is 1. The molecule has 248 valence electrons. The van der Waals surface area contributed by atoms with Gasteiger partial charge in [0.1, 0.15) is 16.1 Å². The number of rotatable bonds is 4. The number of pyridine rings is 1. The minimum atomic E-state index is -0.561. The lowest BCUT2D eigenvalue weighted by atomic mass is 9.94. The van der Waals surface area contributed by atoms with Crippen molar-refractivity contribution in [2.24, 2.45) is 0 Å². The first-order chi connectivity index (χ1) is 22.5. The van der Waals surface area contributed by atoms with E-state index in [4.69, 9.17) is 42.8 Å². The van der Waals surface area contributed by atoms with Gasteiger partial charge >= 0.3 is 6.09 Å². The van der Waals surface area contributed by atoms with Gasteiger partial charge in [-0.05, 0) is 83.8 Å². The topological polar surface area (TPSA) is 87.3 Å². The number of nitrogens with zero attached hydrogens (tertiary/aromatic N) is 6. The third kappa shape index (κ3) is 5.72. The number of hydrogen-bond donors (Lipinski definition) is 0. The molecule has 0 spiro atoms. The van der Waals surface area contributed by atoms with Crippen molar-refractivity contribution in [3.05, 3.63) is 46.0 Å². The van der Waals surface area contributed by atoms with Crippen molar-refractivity contribution in [1.29, 1.82) is 0 Å². The Morgan fingerprint density at radius 1 is 1.00 bits per heavy atom. The molecule has 0 bridgehead atoms. The van der Waals surface area contributed by atoms with Crippen LogP contribution in [0.4, 0.5) is 9.18 Å². The summed E-state index contributed by atoms with van der Waals surface area (Å²) in [6.45, 7) is 9.18. The Labute approximate surface area is 286 Å². The summed E-state index contributed by atoms with van der Waals surface area (Å²) in [6.07, 6.45) is 9.19. The minimum Gasteiger partial charge on any atom is -0.444 e. The molecule has 47 heavy (non-hydrogen) atoms. The highest BCUT2D eigenvalue weighted by Gasteiger charge is 2.31. The molecule has 0 N–H and O–H groups in total. The van der Waals surface area contributed by atoms with E-state index in [2.05, 4.69) is 5.10 Å². The molecule has 0 saturated carbocycles. The Morgan fingerprint density at radius 3 is 2.40 bits per heavy atom. The smallest absolute Gasteiger partial charge is 0.410 e. The van der Waals surface area contributed by atoms with E-state index in [0.717, 1.165) is 41.1 Å². The van der Waals surface area contributed by atoms with Crippen molar-refractivity contribution in [3.8, 4) is 11.1 Å². The number of benzene rings is 2. The van der Waals surface area contributed by atoms with E-state index in [1.165, 1.54) is 11.8 Å². The maximum atomic E-state index is 17.1. The van der Waals surface area contributed by atoms with Gasteiger partial charge in [0, 0.05) is 46.6 Å². The SMILES string of the molecule is CSc1nc2c(F)c(-c3c(C)c(Cl)cc4c3cnn4C3CCCCO3)c(Cl)cc2c2c1cnn2C1CCN(C(=O)OC(C)(C)C)CC1. The Morgan fingerprint density at radius 2 is 1.72 bits per heavy atom. The summed E-state index contributed by atoms with van der Waals surface area (Å²) in [5.74, 6) is -0.523. The van der Waals surface area contributed by atoms with E-state index in [1.807, 2.05) is 49.4 Å². The van der Waals surface area contributed by atoms with Crippen molar-refractivity contribution in [2.45, 2.75) is 82.7 Å². The highest BCUT2D eigenvalue weighted by Crippen LogP contribution is 2.45. The van der Waals surface area contributed by atoms with Gasteiger partial charge in [-0.2, -0.15) is 10.2 Å². The molecule has 2 saturated heterocycles. The molecule has 7 rings (SSSR count). The van der Waals surface area contributed by atoms with Gasteiger partial charge in [0.05, 0.1) is 39.9 Å². The minimum absolute atomic E-state index is 0.00403. The molecule has 1 amide bonds. The Hall–Kier alpha value is -3.12. The number of aromatic nitrogens is 5. The number of halogens is 3. The molecule has 2 aromatic carbocycles. The number of ether oxygens (including phenoxy) is 2. The van der Waals surface area contributed by atoms with Gasteiger partial charge in [0.15, 0.2) is 12.0 Å². The van der Waals surface area contributed by atoms with Crippen LogP contribution in [-0.2, 0) is 9.47 Å². The molecule has 2 aliphatic rings. The van der Waals surface area contributed by atoms with Gasteiger partial charge in [0.2, 0.25) is 0 Å². The van der Waals surface area contributed by atoms with Crippen LogP contribution in [0.25, 0.3) is 43.8 Å². The fourth-order valence-corrected chi connectivity index (χ4v) is 7.89. The van der Waals surface area contributed by atoms with Gasteiger partial charge in [-0.1, -0.05) is 23.2 Å². The van der Waals surface area contributed by atoms with E-state index >= 15 is 4.39 Å². The third-order valence-corrected chi connectivity index (χ3v) is 10.5. The molecular formula is C34H37Cl2FN6O3S. The van der Waals surface area contributed by atoms with Crippen LogP contribution in [0.1, 0.15) is 70.7 Å². The van der Waals surface area contributed by atoms with E-state index < -0.39 is 11.4 Å². The van der Waals surface area contributed by atoms with E-state index in [-0.39, 0.29) is 34.5 Å². The molecule has 0 aliphatic carbocycles. The predicted molar refractivity (Wildman–Crippen MR) is 185 cm³/mol. The van der Waals surface area contributed by atoms with Crippen molar-refractivity contribution in [2.75, 3.05) is 26.0 Å². The van der Waals surface area contributed by atoms with Crippen molar-refractivity contribution < 1.29 is 18.7 Å². The number of thioether (sulfide) groups is 1. The molecule has 5 aromatic rings. The third-order valence-electron chi connectivity index (χ3n) is 9.12. The number of hydrogen-bond acceptors (Lipinski definition) is 7. The van der Waals surface area contributed by atoms with Crippen LogP contribution < -0.4 is 0 Å². The second-order valence-electron chi connectivity index (χ2n) is 13.3. The fraction of sp³-hybridized carbons (Fsp3) is 0.471. The molecule has 3 aromatic heterocycles. The normalized spacial score (nSPS) is 18.1. The number of likely N-dealkylation sites (tertiary alicyclic amines) is 1. The average molecular weight is 700 g/mol. The molecule has 13 heteroatoms. The molecule has 1 unspecified atom stereocenters. The van der Waals surface area contributed by atoms with Crippen LogP contribution in [0.3, 0.4) is 0 Å². The Kier molecular flexibility index (Phi) is 8.56. The molecular weight excluding hydrogens is 662 g/mol. The van der Waals surface area contributed by atoms with Gasteiger partial charge in [-0.25, -0.2) is 18.9 Å². The summed E-state index contributed by atoms with van der Waals surface area (Å²) in [7, 11) is 0. The quantitative estimate of drug-likeness (QED) is 0.173. The lowest BCUT2D eigenvalue weighted by Crippen LogP contribution is -2.42. The van der Waals surface area contributed by atoms with Crippen molar-refractivity contribution in [1.82, 2.24) is 29.4 Å². The first kappa shape index (κ1) is 32.4. The summed E-state index contributed by atoms with van der Waals surface area (Å²) in [5, 5.41) is 13.0. The Bertz CT molecular complexity index is 2030. The number of fused-ring (bicyclic) bond motifs is 4. The summed E-state index contributed by atoms with van der Waals surface area (Å²) in [4.78, 5) is 19.3. The standard InChI is InChI=1S/C34H37Cl2FN6O3S/c1-18-23(35)15-25-21(16-39-43(25)26-8-6-7-13-45-26)27(18)28-24(36)14-20-30(29(28)37)40-32(47-5)22-17-38-42(31(20)22)19-9-11-41(12-10-19)33(44)46-34(2,3)4/h14-17,19,26H,6-13H2,1-5H3. The first-order valence-corrected chi connectivity index (χ1v) is 17.9. The maximum absolute atomic E-state index is 17.1. The first-order valence-electron chi connectivity index (χ1n) is 16.0. The lowest BCUT2D eigenvalue weighted by molar-refractivity contribution is -0.0366. The van der Waals surface area contributed by atoms with Gasteiger partial charge in [-0.3, -0.25) is 4.68 Å². The number of piperidine rings is 1. The summed E-state index contributed by atoms with van der Waals surface area (Å²) < 4.78 is 32.5. The lowest BCUT2D eigenvalue weighted by Gasteiger charge is -2.33. The molecule has 5 heterocycles. The Balaban J connectivity index is 1.34. The van der Waals surface area contributed by atoms with Crippen LogP contribution in [0.15, 0.2) is 29.6 Å². The van der Waals surface area contributed by atoms with Crippen molar-refractivity contribution >= 4 is 73.8 Å². The highest BCUT2D eigenvalue weighted by atomic mass is 35.5. The van der Waals surface area contributed by atoms with E-state index in [1.54, 1.807) is 23.4 Å². The molecule has 2 aliphatic heterocycles. The van der Waals surface area contributed by atoms with Gasteiger partial charge in [0.25, 0.3) is 0 Å². The zero-order chi connectivity index (χ0) is 33.2. The molecule has 1 atom stereocenters. The van der Waals surface area contributed by atoms with Crippen LogP contribution in [-0.4, -0.2) is 67.1 Å². The predicted octanol–water partition coefficient (Wildman–Crippen LogP) is 9.35. The summed E-state index contributed by atoms with van der Waals surface area (Å²) >= 11 is 15.3. The summed E-state index contributed by atoms with van der Waals surface area (Å²) in [5.41, 5.74) is 2.73. The highest BCUT2D eigenvalue weighted by molar-refractivity contribution is 7.98. The van der Waals surface area contributed by atoms with Crippen LogP contribution >= 0.6 is 35.0 Å². The number of carbonyl (C=O) groups excluding carboxylic acids is 1. The zero-order valence-corrected chi connectivity index (χ0v) is 29.4. The van der Waals surface area contributed by atoms with E-state index in [9.17, 15) is 4.79 Å². The van der Waals surface area contributed by atoms with Crippen LogP contribution in [0.2, 0.25) is 10.0 Å². The van der Waals surface area contributed by atoms with Crippen LogP contribution in [0.5, 0.6) is 0 Å². The second-order valence-corrected chi connectivity index (χ2v) is 14.9. The zero-order valence-electron chi connectivity index (χ0n) is 27.1. The second kappa shape index (κ2) is 12.4.